The van der Waals surface area contributed by atoms with Crippen LogP contribution in [0.15, 0.2) is 24.4 Å². The summed E-state index contributed by atoms with van der Waals surface area (Å²) in [7, 11) is 0. The van der Waals surface area contributed by atoms with E-state index in [-0.39, 0.29) is 6.61 Å². The minimum absolute atomic E-state index is 0.108. The van der Waals surface area contributed by atoms with Gasteiger partial charge in [-0.2, -0.15) is 5.10 Å². The zero-order valence-electron chi connectivity index (χ0n) is 10.1. The average molecular weight is 231 g/mol. The highest BCUT2D eigenvalue weighted by molar-refractivity contribution is 5.61. The lowest BCUT2D eigenvalue weighted by Gasteiger charge is -2.12. The van der Waals surface area contributed by atoms with Crippen LogP contribution in [0.4, 0.5) is 5.69 Å². The Morgan fingerprint density at radius 1 is 1.29 bits per heavy atom. The minimum Gasteiger partial charge on any atom is -0.397 e. The Bertz CT molecular complexity index is 531. The van der Waals surface area contributed by atoms with Crippen LogP contribution >= 0.6 is 0 Å². The predicted octanol–water partition coefficient (Wildman–Crippen LogP) is 1.61. The first-order valence-electron chi connectivity index (χ1n) is 5.64. The number of aromatic nitrogens is 2. The van der Waals surface area contributed by atoms with Gasteiger partial charge in [-0.1, -0.05) is 0 Å². The maximum Gasteiger partial charge on any atom is 0.0880 e. The van der Waals surface area contributed by atoms with E-state index in [1.165, 1.54) is 11.1 Å². The number of nitrogen functional groups attached to an aromatic ring is 1. The summed E-state index contributed by atoms with van der Waals surface area (Å²) in [5.74, 6) is 0. The van der Waals surface area contributed by atoms with Crippen molar-refractivity contribution in [1.29, 1.82) is 0 Å². The van der Waals surface area contributed by atoms with Crippen LogP contribution in [0, 0.1) is 13.8 Å². The molecular formula is C13H17N3O. The maximum atomic E-state index is 9.01. The molecule has 0 spiro atoms. The molecule has 0 saturated heterocycles. The fourth-order valence-corrected chi connectivity index (χ4v) is 1.86. The first kappa shape index (κ1) is 11.7. The smallest absolute Gasteiger partial charge is 0.0880 e. The molecule has 0 radical (unpaired) electrons. The van der Waals surface area contributed by atoms with Crippen LogP contribution in [0.25, 0.3) is 5.69 Å². The predicted molar refractivity (Wildman–Crippen MR) is 68.2 cm³/mol. The molecule has 0 fully saturated rings. The van der Waals surface area contributed by atoms with Crippen molar-refractivity contribution < 1.29 is 5.11 Å². The number of benzene rings is 1. The molecule has 1 aromatic carbocycles. The topological polar surface area (TPSA) is 64.1 Å². The van der Waals surface area contributed by atoms with E-state index in [0.717, 1.165) is 11.4 Å². The fraction of sp³-hybridized carbons (Fsp3) is 0.308. The zero-order chi connectivity index (χ0) is 12.4. The molecule has 0 aliphatic carbocycles. The summed E-state index contributed by atoms with van der Waals surface area (Å²) < 4.78 is 1.79. The van der Waals surface area contributed by atoms with Gasteiger partial charge in [-0.25, -0.2) is 4.68 Å². The molecule has 2 aromatic rings. The molecule has 4 nitrogen and oxygen atoms in total. The van der Waals surface area contributed by atoms with E-state index in [2.05, 4.69) is 5.10 Å². The van der Waals surface area contributed by atoms with E-state index in [1.54, 1.807) is 10.9 Å². The van der Waals surface area contributed by atoms with E-state index in [1.807, 2.05) is 32.0 Å². The number of nitrogens with two attached hydrogens (primary N) is 1. The van der Waals surface area contributed by atoms with Crippen LogP contribution < -0.4 is 5.73 Å². The van der Waals surface area contributed by atoms with Gasteiger partial charge in [0.1, 0.15) is 0 Å². The third-order valence-corrected chi connectivity index (χ3v) is 2.96. The van der Waals surface area contributed by atoms with Crippen molar-refractivity contribution in [2.75, 3.05) is 12.3 Å². The van der Waals surface area contributed by atoms with Gasteiger partial charge in [0.05, 0.1) is 11.4 Å². The van der Waals surface area contributed by atoms with Gasteiger partial charge in [0.2, 0.25) is 0 Å². The highest BCUT2D eigenvalue weighted by atomic mass is 16.3. The molecule has 17 heavy (non-hydrogen) atoms. The average Bonchev–Trinajstić information content (AvgIpc) is 2.72. The lowest BCUT2D eigenvalue weighted by atomic mass is 10.1. The number of nitrogens with zero attached hydrogens (tertiary/aromatic N) is 2. The number of aryl methyl sites for hydroxylation is 2. The Labute approximate surface area is 101 Å². The van der Waals surface area contributed by atoms with Gasteiger partial charge >= 0.3 is 0 Å². The lowest BCUT2D eigenvalue weighted by molar-refractivity contribution is 0.297. The van der Waals surface area contributed by atoms with E-state index in [9.17, 15) is 0 Å². The Kier molecular flexibility index (Phi) is 3.15. The number of hydrogen-bond donors (Lipinski definition) is 2. The Balaban J connectivity index is 2.52. The van der Waals surface area contributed by atoms with Crippen LogP contribution in [0.2, 0.25) is 0 Å². The second-order valence-electron chi connectivity index (χ2n) is 4.20. The van der Waals surface area contributed by atoms with Crippen molar-refractivity contribution in [3.63, 3.8) is 0 Å². The molecule has 0 saturated carbocycles. The van der Waals surface area contributed by atoms with Gasteiger partial charge in [0, 0.05) is 24.9 Å². The molecular weight excluding hydrogens is 214 g/mol. The Morgan fingerprint density at radius 3 is 2.71 bits per heavy atom. The van der Waals surface area contributed by atoms with Gasteiger partial charge in [-0.3, -0.25) is 0 Å². The van der Waals surface area contributed by atoms with Gasteiger partial charge in [0.15, 0.2) is 0 Å². The summed E-state index contributed by atoms with van der Waals surface area (Å²) in [5, 5.41) is 13.3. The van der Waals surface area contributed by atoms with E-state index < -0.39 is 0 Å². The Morgan fingerprint density at radius 2 is 2.00 bits per heavy atom. The van der Waals surface area contributed by atoms with Crippen LogP contribution in [-0.4, -0.2) is 21.5 Å². The van der Waals surface area contributed by atoms with Crippen molar-refractivity contribution in [3.05, 3.63) is 41.2 Å². The van der Waals surface area contributed by atoms with E-state index >= 15 is 0 Å². The standard InChI is InChI=1S/C13H17N3O/c1-9-7-12(14)13(8-10(9)2)16-11(4-6-17)3-5-15-16/h3,5,7-8,17H,4,6,14H2,1-2H3. The van der Waals surface area contributed by atoms with Crippen LogP contribution in [0.3, 0.4) is 0 Å². The van der Waals surface area contributed by atoms with Gasteiger partial charge in [0.25, 0.3) is 0 Å². The highest BCUT2D eigenvalue weighted by Gasteiger charge is 2.09. The summed E-state index contributed by atoms with van der Waals surface area (Å²) >= 11 is 0. The molecule has 4 heteroatoms. The van der Waals surface area contributed by atoms with Crippen molar-refractivity contribution in [2.24, 2.45) is 0 Å². The molecule has 0 atom stereocenters. The van der Waals surface area contributed by atoms with Gasteiger partial charge < -0.3 is 10.8 Å². The molecule has 2 rings (SSSR count). The number of hydrogen-bond acceptors (Lipinski definition) is 3. The molecule has 0 bridgehead atoms. The van der Waals surface area contributed by atoms with Crippen molar-refractivity contribution >= 4 is 5.69 Å². The van der Waals surface area contributed by atoms with Gasteiger partial charge in [-0.15, -0.1) is 0 Å². The lowest BCUT2D eigenvalue weighted by Crippen LogP contribution is -2.07. The molecule has 0 amide bonds. The van der Waals surface area contributed by atoms with Gasteiger partial charge in [-0.05, 0) is 43.2 Å². The zero-order valence-corrected chi connectivity index (χ0v) is 10.1. The second kappa shape index (κ2) is 4.59. The summed E-state index contributed by atoms with van der Waals surface area (Å²) in [5.41, 5.74) is 10.9. The highest BCUT2D eigenvalue weighted by Crippen LogP contribution is 2.22. The number of anilines is 1. The minimum atomic E-state index is 0.108. The summed E-state index contributed by atoms with van der Waals surface area (Å²) in [6.07, 6.45) is 2.30. The number of rotatable bonds is 3. The molecule has 90 valence electrons. The van der Waals surface area contributed by atoms with Crippen LogP contribution in [-0.2, 0) is 6.42 Å². The first-order chi connectivity index (χ1) is 8.13. The number of aliphatic hydroxyl groups is 1. The summed E-state index contributed by atoms with van der Waals surface area (Å²) in [4.78, 5) is 0. The maximum absolute atomic E-state index is 9.01. The first-order valence-corrected chi connectivity index (χ1v) is 5.64. The normalized spacial score (nSPS) is 10.8. The van der Waals surface area contributed by atoms with Crippen LogP contribution in [0.5, 0.6) is 0 Å². The molecule has 1 aromatic heterocycles. The van der Waals surface area contributed by atoms with Crippen molar-refractivity contribution in [1.82, 2.24) is 9.78 Å². The largest absolute Gasteiger partial charge is 0.397 e. The van der Waals surface area contributed by atoms with E-state index in [0.29, 0.717) is 12.1 Å². The molecule has 0 aliphatic rings. The van der Waals surface area contributed by atoms with Crippen molar-refractivity contribution in [2.45, 2.75) is 20.3 Å². The SMILES string of the molecule is Cc1cc(N)c(-n2nccc2CCO)cc1C. The number of aliphatic hydroxyl groups excluding tert-OH is 1. The molecule has 1 heterocycles. The third kappa shape index (κ3) is 2.17. The second-order valence-corrected chi connectivity index (χ2v) is 4.20. The molecule has 3 N–H and O–H groups in total. The third-order valence-electron chi connectivity index (χ3n) is 2.96. The molecule has 0 unspecified atom stereocenters. The Hall–Kier alpha value is -1.81. The molecule has 0 aliphatic heterocycles. The monoisotopic (exact) mass is 231 g/mol. The quantitative estimate of drug-likeness (QED) is 0.789. The summed E-state index contributed by atoms with van der Waals surface area (Å²) in [6, 6.07) is 5.87. The van der Waals surface area contributed by atoms with Crippen molar-refractivity contribution in [3.8, 4) is 5.69 Å². The van der Waals surface area contributed by atoms with Crippen LogP contribution in [0.1, 0.15) is 16.8 Å². The summed E-state index contributed by atoms with van der Waals surface area (Å²) in [6.45, 7) is 4.19. The fourth-order valence-electron chi connectivity index (χ4n) is 1.86. The van der Waals surface area contributed by atoms with E-state index in [4.69, 9.17) is 10.8 Å².